The largest absolute Gasteiger partial charge is 0.481 e. The van der Waals surface area contributed by atoms with Crippen LogP contribution in [0.15, 0.2) is 72.8 Å². The standard InChI is InChI=1S/C34H39NO3/c1-4-8-28(26-17-13-24(14-18-26)21-23(2)3)22-25-15-19-27(20-16-25)34(38)33-29-9-5-6-10-30(29)35-31(33)11-7-12-32(36)37/h5-6,9-10,13-20,23,28,35H,4,7-8,11-12,21-22H2,1-3H3,(H,36,37). The maximum absolute atomic E-state index is 13.7. The molecule has 4 nitrogen and oxygen atoms in total. The van der Waals surface area contributed by atoms with Crippen molar-refractivity contribution in [3.63, 3.8) is 0 Å². The molecule has 1 unspecified atom stereocenters. The molecule has 1 heterocycles. The number of aromatic nitrogens is 1. The summed E-state index contributed by atoms with van der Waals surface area (Å²) in [6, 6.07) is 25.0. The molecule has 1 aromatic heterocycles. The molecule has 0 spiro atoms. The highest BCUT2D eigenvalue weighted by Crippen LogP contribution is 2.29. The van der Waals surface area contributed by atoms with Crippen LogP contribution in [0, 0.1) is 5.92 Å². The third kappa shape index (κ3) is 6.80. The number of H-pyrrole nitrogens is 1. The van der Waals surface area contributed by atoms with Crippen molar-refractivity contribution in [2.45, 2.75) is 71.6 Å². The van der Waals surface area contributed by atoms with Crippen molar-refractivity contribution in [2.75, 3.05) is 0 Å². The molecule has 0 aliphatic heterocycles. The Balaban J connectivity index is 1.53. The number of aliphatic carboxylic acids is 1. The predicted octanol–water partition coefficient (Wildman–Crippen LogP) is 8.13. The van der Waals surface area contributed by atoms with Gasteiger partial charge in [-0.2, -0.15) is 0 Å². The molecule has 38 heavy (non-hydrogen) atoms. The molecule has 0 bridgehead atoms. The Morgan fingerprint density at radius 2 is 1.53 bits per heavy atom. The fourth-order valence-electron chi connectivity index (χ4n) is 5.41. The van der Waals surface area contributed by atoms with Gasteiger partial charge < -0.3 is 10.1 Å². The van der Waals surface area contributed by atoms with Crippen LogP contribution in [0.5, 0.6) is 0 Å². The van der Waals surface area contributed by atoms with Crippen LogP contribution < -0.4 is 0 Å². The first kappa shape index (κ1) is 27.4. The molecule has 0 saturated carbocycles. The van der Waals surface area contributed by atoms with Gasteiger partial charge in [0, 0.05) is 28.6 Å². The van der Waals surface area contributed by atoms with Gasteiger partial charge in [0.15, 0.2) is 5.78 Å². The van der Waals surface area contributed by atoms with Crippen molar-refractivity contribution in [2.24, 2.45) is 5.92 Å². The number of ketones is 1. The average Bonchev–Trinajstić information content (AvgIpc) is 3.26. The number of carboxylic acids is 1. The van der Waals surface area contributed by atoms with Gasteiger partial charge in [0.05, 0.1) is 5.56 Å². The molecular weight excluding hydrogens is 470 g/mol. The summed E-state index contributed by atoms with van der Waals surface area (Å²) < 4.78 is 0. The van der Waals surface area contributed by atoms with Gasteiger partial charge in [0.25, 0.3) is 0 Å². The lowest BCUT2D eigenvalue weighted by atomic mass is 9.87. The Morgan fingerprint density at radius 3 is 2.18 bits per heavy atom. The molecule has 4 aromatic rings. The van der Waals surface area contributed by atoms with Crippen LogP contribution in [0.2, 0.25) is 0 Å². The number of nitrogens with one attached hydrogen (secondary N) is 1. The molecule has 2 N–H and O–H groups in total. The zero-order valence-corrected chi connectivity index (χ0v) is 22.8. The minimum Gasteiger partial charge on any atom is -0.481 e. The van der Waals surface area contributed by atoms with Crippen molar-refractivity contribution in [1.82, 2.24) is 4.98 Å². The monoisotopic (exact) mass is 509 g/mol. The summed E-state index contributed by atoms with van der Waals surface area (Å²) in [5.41, 5.74) is 7.02. The number of benzene rings is 3. The summed E-state index contributed by atoms with van der Waals surface area (Å²) >= 11 is 0. The van der Waals surface area contributed by atoms with E-state index in [0.717, 1.165) is 42.3 Å². The number of para-hydroxylation sites is 1. The Kier molecular flexibility index (Phi) is 9.17. The molecule has 0 fully saturated rings. The summed E-state index contributed by atoms with van der Waals surface area (Å²) in [6.45, 7) is 6.74. The first-order valence-corrected chi connectivity index (χ1v) is 13.9. The Bertz CT molecular complexity index is 1360. The van der Waals surface area contributed by atoms with Crippen molar-refractivity contribution in [3.05, 3.63) is 106 Å². The predicted molar refractivity (Wildman–Crippen MR) is 155 cm³/mol. The average molecular weight is 510 g/mol. The smallest absolute Gasteiger partial charge is 0.303 e. The maximum atomic E-state index is 13.7. The van der Waals surface area contributed by atoms with E-state index in [1.807, 2.05) is 36.4 Å². The fourth-order valence-corrected chi connectivity index (χ4v) is 5.41. The van der Waals surface area contributed by atoms with E-state index in [0.29, 0.717) is 35.8 Å². The number of aromatic amines is 1. The summed E-state index contributed by atoms with van der Waals surface area (Å²) in [7, 11) is 0. The topological polar surface area (TPSA) is 70.2 Å². The van der Waals surface area contributed by atoms with Gasteiger partial charge in [-0.15, -0.1) is 0 Å². The minimum atomic E-state index is -0.822. The van der Waals surface area contributed by atoms with Crippen LogP contribution in [0.25, 0.3) is 10.9 Å². The quantitative estimate of drug-likeness (QED) is 0.179. The molecule has 0 aliphatic carbocycles. The summed E-state index contributed by atoms with van der Waals surface area (Å²) in [5.74, 6) is 0.255. The lowest BCUT2D eigenvalue weighted by Crippen LogP contribution is -2.07. The molecule has 3 aromatic carbocycles. The molecule has 1 atom stereocenters. The number of aryl methyl sites for hydroxylation is 1. The molecule has 0 radical (unpaired) electrons. The highest BCUT2D eigenvalue weighted by molar-refractivity contribution is 6.17. The van der Waals surface area contributed by atoms with Gasteiger partial charge in [-0.25, -0.2) is 0 Å². The van der Waals surface area contributed by atoms with Crippen molar-refractivity contribution >= 4 is 22.7 Å². The SMILES string of the molecule is CCCC(Cc1ccc(C(=O)c2c(CCCC(=O)O)[nH]c3ccccc23)cc1)c1ccc(CC(C)C)cc1. The van der Waals surface area contributed by atoms with Gasteiger partial charge in [-0.3, -0.25) is 9.59 Å². The number of carboxylic acid groups (broad SMARTS) is 1. The molecule has 0 saturated heterocycles. The molecule has 198 valence electrons. The van der Waals surface area contributed by atoms with Crippen molar-refractivity contribution in [3.8, 4) is 0 Å². The fraction of sp³-hybridized carbons (Fsp3) is 0.353. The van der Waals surface area contributed by atoms with Gasteiger partial charge in [0.1, 0.15) is 0 Å². The van der Waals surface area contributed by atoms with Gasteiger partial charge in [-0.1, -0.05) is 93.9 Å². The number of carbonyl (C=O) groups excluding carboxylic acids is 1. The van der Waals surface area contributed by atoms with Crippen LogP contribution in [0.4, 0.5) is 0 Å². The van der Waals surface area contributed by atoms with E-state index in [-0.39, 0.29) is 12.2 Å². The summed E-state index contributed by atoms with van der Waals surface area (Å²) in [4.78, 5) is 28.0. The zero-order chi connectivity index (χ0) is 27.1. The maximum Gasteiger partial charge on any atom is 0.303 e. The third-order valence-electron chi connectivity index (χ3n) is 7.26. The van der Waals surface area contributed by atoms with E-state index in [2.05, 4.69) is 62.2 Å². The zero-order valence-electron chi connectivity index (χ0n) is 22.8. The number of hydrogen-bond acceptors (Lipinski definition) is 2. The van der Waals surface area contributed by atoms with E-state index in [1.54, 1.807) is 0 Å². The second-order valence-electron chi connectivity index (χ2n) is 10.8. The molecule has 4 rings (SSSR count). The lowest BCUT2D eigenvalue weighted by molar-refractivity contribution is -0.137. The summed E-state index contributed by atoms with van der Waals surface area (Å²) in [6.07, 6.45) is 5.38. The minimum absolute atomic E-state index is 0.0230. The van der Waals surface area contributed by atoms with Crippen molar-refractivity contribution in [1.29, 1.82) is 0 Å². The van der Waals surface area contributed by atoms with Crippen LogP contribution in [-0.2, 0) is 24.1 Å². The first-order valence-electron chi connectivity index (χ1n) is 13.9. The summed E-state index contributed by atoms with van der Waals surface area (Å²) in [5, 5.41) is 9.93. The Hall–Kier alpha value is -3.66. The highest BCUT2D eigenvalue weighted by atomic mass is 16.4. The molecule has 0 amide bonds. The van der Waals surface area contributed by atoms with E-state index in [9.17, 15) is 9.59 Å². The number of carbonyl (C=O) groups is 2. The van der Waals surface area contributed by atoms with Gasteiger partial charge in [0.2, 0.25) is 0 Å². The van der Waals surface area contributed by atoms with E-state index >= 15 is 0 Å². The second-order valence-corrected chi connectivity index (χ2v) is 10.8. The number of fused-ring (bicyclic) bond motifs is 1. The van der Waals surface area contributed by atoms with Gasteiger partial charge in [-0.05, 0) is 66.7 Å². The normalized spacial score (nSPS) is 12.2. The second kappa shape index (κ2) is 12.7. The number of rotatable bonds is 13. The van der Waals surface area contributed by atoms with E-state index in [4.69, 9.17) is 5.11 Å². The van der Waals surface area contributed by atoms with Crippen LogP contribution in [0.3, 0.4) is 0 Å². The first-order chi connectivity index (χ1) is 18.4. The lowest BCUT2D eigenvalue weighted by Gasteiger charge is -2.18. The Labute approximate surface area is 226 Å². The van der Waals surface area contributed by atoms with Crippen molar-refractivity contribution < 1.29 is 14.7 Å². The molecule has 0 aliphatic rings. The van der Waals surface area contributed by atoms with Gasteiger partial charge >= 0.3 is 5.97 Å². The molecule has 4 heteroatoms. The Morgan fingerprint density at radius 1 is 0.868 bits per heavy atom. The van der Waals surface area contributed by atoms with E-state index in [1.165, 1.54) is 16.7 Å². The van der Waals surface area contributed by atoms with E-state index < -0.39 is 5.97 Å². The van der Waals surface area contributed by atoms with Crippen LogP contribution in [0.1, 0.15) is 90.7 Å². The molecular formula is C34H39NO3. The highest BCUT2D eigenvalue weighted by Gasteiger charge is 2.20. The number of hydrogen-bond donors (Lipinski definition) is 2. The third-order valence-corrected chi connectivity index (χ3v) is 7.26. The van der Waals surface area contributed by atoms with Crippen LogP contribution in [-0.4, -0.2) is 21.8 Å². The van der Waals surface area contributed by atoms with Crippen LogP contribution >= 0.6 is 0 Å².